The van der Waals surface area contributed by atoms with E-state index in [2.05, 4.69) is 10.6 Å². The lowest BCUT2D eigenvalue weighted by atomic mass is 9.75. The molecule has 19 heavy (non-hydrogen) atoms. The van der Waals surface area contributed by atoms with Gasteiger partial charge in [0, 0.05) is 11.6 Å². The summed E-state index contributed by atoms with van der Waals surface area (Å²) >= 11 is 0. The zero-order chi connectivity index (χ0) is 13.7. The van der Waals surface area contributed by atoms with Crippen molar-refractivity contribution in [1.82, 2.24) is 10.6 Å². The van der Waals surface area contributed by atoms with Crippen molar-refractivity contribution in [3.05, 3.63) is 0 Å². The normalized spacial score (nSPS) is 26.6. The fourth-order valence-corrected chi connectivity index (χ4v) is 3.40. The molecule has 4 heteroatoms. The van der Waals surface area contributed by atoms with Gasteiger partial charge in [-0.1, -0.05) is 19.3 Å². The van der Waals surface area contributed by atoms with E-state index in [0.29, 0.717) is 11.6 Å². The van der Waals surface area contributed by atoms with Crippen molar-refractivity contribution < 1.29 is 9.53 Å². The molecule has 0 bridgehead atoms. The first-order chi connectivity index (χ1) is 9.10. The number of carbonyl (C=O) groups is 1. The van der Waals surface area contributed by atoms with Crippen LogP contribution < -0.4 is 10.6 Å². The molecule has 1 saturated heterocycles. The van der Waals surface area contributed by atoms with Gasteiger partial charge < -0.3 is 15.4 Å². The topological polar surface area (TPSA) is 50.4 Å². The standard InChI is InChI=1S/C15H28N2O2/c1-12(2)19-11-14(18)17-13-6-9-16-15(10-13)7-4-3-5-8-15/h12-13,16H,3-11H2,1-2H3,(H,17,18). The van der Waals surface area contributed by atoms with E-state index in [1.54, 1.807) is 0 Å². The minimum Gasteiger partial charge on any atom is -0.369 e. The quantitative estimate of drug-likeness (QED) is 0.820. The molecule has 2 N–H and O–H groups in total. The highest BCUT2D eigenvalue weighted by molar-refractivity contribution is 5.77. The van der Waals surface area contributed by atoms with Crippen molar-refractivity contribution in [1.29, 1.82) is 0 Å². The van der Waals surface area contributed by atoms with E-state index >= 15 is 0 Å². The van der Waals surface area contributed by atoms with Crippen molar-refractivity contribution in [3.8, 4) is 0 Å². The third-order valence-corrected chi connectivity index (χ3v) is 4.35. The molecular formula is C15H28N2O2. The summed E-state index contributed by atoms with van der Waals surface area (Å²) in [6.07, 6.45) is 8.78. The Morgan fingerprint density at radius 3 is 2.79 bits per heavy atom. The van der Waals surface area contributed by atoms with E-state index in [4.69, 9.17) is 4.74 Å². The summed E-state index contributed by atoms with van der Waals surface area (Å²) in [6.45, 7) is 5.12. The zero-order valence-electron chi connectivity index (χ0n) is 12.3. The minimum absolute atomic E-state index is 0.0339. The van der Waals surface area contributed by atoms with Crippen LogP contribution in [0.4, 0.5) is 0 Å². The van der Waals surface area contributed by atoms with Gasteiger partial charge in [-0.2, -0.15) is 0 Å². The Bertz CT molecular complexity index is 293. The van der Waals surface area contributed by atoms with E-state index in [1.165, 1.54) is 32.1 Å². The smallest absolute Gasteiger partial charge is 0.246 e. The van der Waals surface area contributed by atoms with Crippen LogP contribution in [0.25, 0.3) is 0 Å². The molecule has 1 aliphatic carbocycles. The average molecular weight is 268 g/mol. The molecule has 1 heterocycles. The third-order valence-electron chi connectivity index (χ3n) is 4.35. The second-order valence-corrected chi connectivity index (χ2v) is 6.38. The molecule has 1 amide bonds. The number of piperidine rings is 1. The molecule has 1 aliphatic heterocycles. The number of amides is 1. The molecule has 2 rings (SSSR count). The van der Waals surface area contributed by atoms with Crippen molar-refractivity contribution in [2.24, 2.45) is 0 Å². The Hall–Kier alpha value is -0.610. The van der Waals surface area contributed by atoms with Gasteiger partial charge >= 0.3 is 0 Å². The van der Waals surface area contributed by atoms with Gasteiger partial charge in [-0.25, -0.2) is 0 Å². The third kappa shape index (κ3) is 4.46. The molecule has 1 saturated carbocycles. The summed E-state index contributed by atoms with van der Waals surface area (Å²) < 4.78 is 5.35. The minimum atomic E-state index is 0.0339. The molecule has 110 valence electrons. The van der Waals surface area contributed by atoms with Gasteiger partial charge in [0.25, 0.3) is 0 Å². The number of carbonyl (C=O) groups excluding carboxylic acids is 1. The van der Waals surface area contributed by atoms with Crippen LogP contribution in [0, 0.1) is 0 Å². The molecule has 1 unspecified atom stereocenters. The van der Waals surface area contributed by atoms with Crippen LogP contribution in [-0.4, -0.2) is 36.7 Å². The largest absolute Gasteiger partial charge is 0.369 e. The molecule has 0 radical (unpaired) electrons. The Morgan fingerprint density at radius 1 is 1.37 bits per heavy atom. The number of hydrogen-bond acceptors (Lipinski definition) is 3. The summed E-state index contributed by atoms with van der Waals surface area (Å²) in [7, 11) is 0. The van der Waals surface area contributed by atoms with Crippen LogP contribution in [0.2, 0.25) is 0 Å². The van der Waals surface area contributed by atoms with E-state index in [9.17, 15) is 4.79 Å². The molecule has 1 atom stereocenters. The number of rotatable bonds is 4. The van der Waals surface area contributed by atoms with E-state index in [1.807, 2.05) is 13.8 Å². The van der Waals surface area contributed by atoms with Crippen molar-refractivity contribution in [2.45, 2.75) is 76.5 Å². The second-order valence-electron chi connectivity index (χ2n) is 6.38. The first-order valence-corrected chi connectivity index (χ1v) is 7.76. The van der Waals surface area contributed by atoms with E-state index < -0.39 is 0 Å². The van der Waals surface area contributed by atoms with E-state index in [-0.39, 0.29) is 18.6 Å². The Morgan fingerprint density at radius 2 is 2.11 bits per heavy atom. The van der Waals surface area contributed by atoms with Crippen molar-refractivity contribution >= 4 is 5.91 Å². The van der Waals surface area contributed by atoms with Gasteiger partial charge in [0.1, 0.15) is 6.61 Å². The molecular weight excluding hydrogens is 240 g/mol. The van der Waals surface area contributed by atoms with Crippen LogP contribution in [-0.2, 0) is 9.53 Å². The van der Waals surface area contributed by atoms with Gasteiger partial charge in [-0.15, -0.1) is 0 Å². The fraction of sp³-hybridized carbons (Fsp3) is 0.933. The maximum atomic E-state index is 11.8. The summed E-state index contributed by atoms with van der Waals surface area (Å²) in [5.41, 5.74) is 0.299. The van der Waals surface area contributed by atoms with Gasteiger partial charge in [0.05, 0.1) is 6.10 Å². The van der Waals surface area contributed by atoms with E-state index in [0.717, 1.165) is 19.4 Å². The number of nitrogens with one attached hydrogen (secondary N) is 2. The average Bonchev–Trinajstić information content (AvgIpc) is 2.37. The summed E-state index contributed by atoms with van der Waals surface area (Å²) in [4.78, 5) is 11.8. The SMILES string of the molecule is CC(C)OCC(=O)NC1CCNC2(CCCCC2)C1. The van der Waals surface area contributed by atoms with Crippen LogP contribution in [0.15, 0.2) is 0 Å². The molecule has 1 spiro atoms. The Kier molecular flexibility index (Phi) is 5.22. The highest BCUT2D eigenvalue weighted by Gasteiger charge is 2.37. The second kappa shape index (κ2) is 6.71. The van der Waals surface area contributed by atoms with Crippen LogP contribution in [0.1, 0.15) is 58.8 Å². The van der Waals surface area contributed by atoms with Crippen LogP contribution in [0.3, 0.4) is 0 Å². The maximum Gasteiger partial charge on any atom is 0.246 e. The monoisotopic (exact) mass is 268 g/mol. The van der Waals surface area contributed by atoms with Gasteiger partial charge in [0.15, 0.2) is 0 Å². The molecule has 2 fully saturated rings. The Labute approximate surface area is 116 Å². The van der Waals surface area contributed by atoms with Crippen LogP contribution >= 0.6 is 0 Å². The summed E-state index contributed by atoms with van der Waals surface area (Å²) in [5, 5.41) is 6.85. The van der Waals surface area contributed by atoms with Gasteiger partial charge in [-0.3, -0.25) is 4.79 Å². The first-order valence-electron chi connectivity index (χ1n) is 7.76. The van der Waals surface area contributed by atoms with Crippen molar-refractivity contribution in [3.63, 3.8) is 0 Å². The first kappa shape index (κ1) is 14.8. The van der Waals surface area contributed by atoms with Crippen molar-refractivity contribution in [2.75, 3.05) is 13.2 Å². The number of hydrogen-bond donors (Lipinski definition) is 2. The lowest BCUT2D eigenvalue weighted by Crippen LogP contribution is -2.57. The summed E-state index contributed by atoms with van der Waals surface area (Å²) in [6, 6.07) is 0.322. The lowest BCUT2D eigenvalue weighted by Gasteiger charge is -2.44. The van der Waals surface area contributed by atoms with Gasteiger partial charge in [0.2, 0.25) is 5.91 Å². The molecule has 0 aromatic rings. The summed E-state index contributed by atoms with van der Waals surface area (Å²) in [5.74, 6) is 0.0339. The molecule has 0 aromatic carbocycles. The fourth-order valence-electron chi connectivity index (χ4n) is 3.40. The molecule has 4 nitrogen and oxygen atoms in total. The number of ether oxygens (including phenoxy) is 1. The predicted molar refractivity (Wildman–Crippen MR) is 76.1 cm³/mol. The highest BCUT2D eigenvalue weighted by atomic mass is 16.5. The Balaban J connectivity index is 1.79. The predicted octanol–water partition coefficient (Wildman–Crippen LogP) is 1.98. The molecule has 0 aromatic heterocycles. The van der Waals surface area contributed by atoms with Gasteiger partial charge in [-0.05, 0) is 46.1 Å². The lowest BCUT2D eigenvalue weighted by molar-refractivity contribution is -0.128. The zero-order valence-corrected chi connectivity index (χ0v) is 12.3. The maximum absolute atomic E-state index is 11.8. The highest BCUT2D eigenvalue weighted by Crippen LogP contribution is 2.34. The van der Waals surface area contributed by atoms with Crippen LogP contribution in [0.5, 0.6) is 0 Å². The molecule has 2 aliphatic rings.